The van der Waals surface area contributed by atoms with E-state index in [1.54, 1.807) is 7.05 Å². The number of nitrogens with one attached hydrogen (secondary N) is 2. The van der Waals surface area contributed by atoms with Crippen molar-refractivity contribution in [1.82, 2.24) is 15.5 Å². The molecular weight excluding hydrogens is 274 g/mol. The molecule has 0 aromatic rings. The molecule has 118 valence electrons. The molecule has 0 aliphatic heterocycles. The summed E-state index contributed by atoms with van der Waals surface area (Å²) >= 11 is 0. The Labute approximate surface area is 124 Å². The maximum absolute atomic E-state index is 12.0. The van der Waals surface area contributed by atoms with Crippen LogP contribution in [-0.4, -0.2) is 53.6 Å². The Bertz CT molecular complexity index is 422. The predicted molar refractivity (Wildman–Crippen MR) is 75.7 cm³/mol. The minimum Gasteiger partial charge on any atom is -0.481 e. The Balaban J connectivity index is 1.74. The van der Waals surface area contributed by atoms with Gasteiger partial charge in [0.25, 0.3) is 0 Å². The fourth-order valence-electron chi connectivity index (χ4n) is 2.62. The summed E-state index contributed by atoms with van der Waals surface area (Å²) in [6, 6.07) is -0.165. The quantitative estimate of drug-likeness (QED) is 0.690. The number of carboxylic acid groups (broad SMARTS) is 1. The molecule has 3 N–H and O–H groups in total. The molecule has 2 aliphatic carbocycles. The number of amides is 3. The van der Waals surface area contributed by atoms with Crippen LogP contribution in [0.15, 0.2) is 0 Å². The second-order valence-corrected chi connectivity index (χ2v) is 6.05. The third-order valence-electron chi connectivity index (χ3n) is 4.02. The molecule has 2 atom stereocenters. The highest BCUT2D eigenvalue weighted by atomic mass is 16.4. The minimum atomic E-state index is -0.800. The molecule has 21 heavy (non-hydrogen) atoms. The molecule has 2 rings (SSSR count). The maximum atomic E-state index is 12.0. The van der Waals surface area contributed by atoms with Crippen LogP contribution < -0.4 is 10.6 Å². The van der Waals surface area contributed by atoms with Gasteiger partial charge in [0.05, 0.1) is 5.92 Å². The molecule has 2 aliphatic rings. The monoisotopic (exact) mass is 297 g/mol. The molecule has 0 saturated heterocycles. The average Bonchev–Trinajstić information content (AvgIpc) is 3.22. The lowest BCUT2D eigenvalue weighted by Crippen LogP contribution is -2.48. The number of carbonyl (C=O) groups is 3. The minimum absolute atomic E-state index is 0.0252. The molecular formula is C14H23N3O4. The molecule has 3 amide bonds. The zero-order valence-electron chi connectivity index (χ0n) is 12.3. The highest BCUT2D eigenvalue weighted by molar-refractivity contribution is 5.84. The van der Waals surface area contributed by atoms with E-state index in [9.17, 15) is 14.4 Å². The van der Waals surface area contributed by atoms with E-state index in [0.29, 0.717) is 12.8 Å². The highest BCUT2D eigenvalue weighted by Crippen LogP contribution is 2.24. The van der Waals surface area contributed by atoms with Crippen LogP contribution in [0.25, 0.3) is 0 Å². The number of urea groups is 1. The van der Waals surface area contributed by atoms with Crippen molar-refractivity contribution in [3.05, 3.63) is 0 Å². The van der Waals surface area contributed by atoms with Gasteiger partial charge in [0.1, 0.15) is 6.54 Å². The van der Waals surface area contributed by atoms with Crippen molar-refractivity contribution < 1.29 is 19.5 Å². The summed E-state index contributed by atoms with van der Waals surface area (Å²) in [4.78, 5) is 36.0. The van der Waals surface area contributed by atoms with E-state index in [2.05, 4.69) is 10.6 Å². The largest absolute Gasteiger partial charge is 0.481 e. The fraction of sp³-hybridized carbons (Fsp3) is 0.786. The standard InChI is InChI=1S/C14H23N3O4/c1-17(8-12(18)15-10-5-6-10)14(21)16-11-4-2-3-9(7-11)13(19)20/h9-11H,2-8H2,1H3,(H,15,18)(H,16,21)(H,19,20). The van der Waals surface area contributed by atoms with Crippen molar-refractivity contribution in [3.8, 4) is 0 Å². The van der Waals surface area contributed by atoms with Gasteiger partial charge in [-0.15, -0.1) is 0 Å². The first-order valence-electron chi connectivity index (χ1n) is 7.49. The number of aliphatic carboxylic acids is 1. The molecule has 0 aromatic heterocycles. The van der Waals surface area contributed by atoms with Gasteiger partial charge in [-0.05, 0) is 32.1 Å². The molecule has 0 spiro atoms. The predicted octanol–water partition coefficient (Wildman–Crippen LogP) is 0.550. The van der Waals surface area contributed by atoms with E-state index in [1.807, 2.05) is 0 Å². The topological polar surface area (TPSA) is 98.7 Å². The van der Waals surface area contributed by atoms with Crippen molar-refractivity contribution >= 4 is 17.9 Å². The fourth-order valence-corrected chi connectivity index (χ4v) is 2.62. The summed E-state index contributed by atoms with van der Waals surface area (Å²) in [5.74, 6) is -1.33. The Kier molecular flexibility index (Phi) is 5.03. The summed E-state index contributed by atoms with van der Waals surface area (Å²) in [6.07, 6.45) is 4.75. The second kappa shape index (κ2) is 6.78. The van der Waals surface area contributed by atoms with Crippen LogP contribution in [0.3, 0.4) is 0 Å². The number of carbonyl (C=O) groups excluding carboxylic acids is 2. The SMILES string of the molecule is CN(CC(=O)NC1CC1)C(=O)NC1CCCC(C(=O)O)C1. The van der Waals surface area contributed by atoms with Crippen molar-refractivity contribution in [3.63, 3.8) is 0 Å². The van der Waals surface area contributed by atoms with Gasteiger partial charge in [-0.3, -0.25) is 9.59 Å². The van der Waals surface area contributed by atoms with Crippen molar-refractivity contribution in [2.45, 2.75) is 50.6 Å². The number of hydrogen-bond donors (Lipinski definition) is 3. The van der Waals surface area contributed by atoms with Gasteiger partial charge in [0.15, 0.2) is 0 Å². The van der Waals surface area contributed by atoms with Crippen molar-refractivity contribution in [2.24, 2.45) is 5.92 Å². The normalized spacial score (nSPS) is 25.0. The molecule has 7 heteroatoms. The zero-order valence-corrected chi connectivity index (χ0v) is 12.3. The van der Waals surface area contributed by atoms with Crippen LogP contribution in [0.4, 0.5) is 4.79 Å². The van der Waals surface area contributed by atoms with E-state index in [1.165, 1.54) is 4.90 Å². The van der Waals surface area contributed by atoms with Crippen LogP contribution in [0.1, 0.15) is 38.5 Å². The molecule has 0 bridgehead atoms. The molecule has 2 unspecified atom stereocenters. The van der Waals surface area contributed by atoms with Gasteiger partial charge >= 0.3 is 12.0 Å². The van der Waals surface area contributed by atoms with Gasteiger partial charge in [0, 0.05) is 19.1 Å². The van der Waals surface area contributed by atoms with Crippen LogP contribution in [0, 0.1) is 5.92 Å². The van der Waals surface area contributed by atoms with Gasteiger partial charge in [-0.25, -0.2) is 4.79 Å². The van der Waals surface area contributed by atoms with E-state index in [4.69, 9.17) is 5.11 Å². The van der Waals surface area contributed by atoms with Gasteiger partial charge in [-0.1, -0.05) is 6.42 Å². The van der Waals surface area contributed by atoms with Crippen molar-refractivity contribution in [1.29, 1.82) is 0 Å². The number of nitrogens with zero attached hydrogens (tertiary/aromatic N) is 1. The smallest absolute Gasteiger partial charge is 0.317 e. The Morgan fingerprint density at radius 2 is 1.81 bits per heavy atom. The van der Waals surface area contributed by atoms with E-state index in [-0.39, 0.29) is 36.5 Å². The van der Waals surface area contributed by atoms with Gasteiger partial charge < -0.3 is 20.6 Å². The molecule has 2 fully saturated rings. The second-order valence-electron chi connectivity index (χ2n) is 6.05. The lowest BCUT2D eigenvalue weighted by Gasteiger charge is -2.29. The number of carboxylic acids is 1. The maximum Gasteiger partial charge on any atom is 0.317 e. The first kappa shape index (κ1) is 15.6. The summed E-state index contributed by atoms with van der Waals surface area (Å²) in [7, 11) is 1.57. The first-order valence-corrected chi connectivity index (χ1v) is 7.49. The summed E-state index contributed by atoms with van der Waals surface area (Å²) in [6.45, 7) is 0.0252. The van der Waals surface area contributed by atoms with Crippen LogP contribution in [0.2, 0.25) is 0 Å². The van der Waals surface area contributed by atoms with Crippen LogP contribution >= 0.6 is 0 Å². The average molecular weight is 297 g/mol. The Morgan fingerprint density at radius 3 is 2.43 bits per heavy atom. The number of hydrogen-bond acceptors (Lipinski definition) is 3. The third kappa shape index (κ3) is 4.91. The van der Waals surface area contributed by atoms with Gasteiger partial charge in [-0.2, -0.15) is 0 Å². The summed E-state index contributed by atoms with van der Waals surface area (Å²) < 4.78 is 0. The third-order valence-corrected chi connectivity index (χ3v) is 4.02. The lowest BCUT2D eigenvalue weighted by molar-refractivity contribution is -0.143. The van der Waals surface area contributed by atoms with Crippen LogP contribution in [-0.2, 0) is 9.59 Å². The molecule has 0 aromatic carbocycles. The number of likely N-dealkylation sites (N-methyl/N-ethyl adjacent to an activating group) is 1. The Hall–Kier alpha value is -1.79. The van der Waals surface area contributed by atoms with Gasteiger partial charge in [0.2, 0.25) is 5.91 Å². The van der Waals surface area contributed by atoms with Crippen molar-refractivity contribution in [2.75, 3.05) is 13.6 Å². The Morgan fingerprint density at radius 1 is 1.10 bits per heavy atom. The first-order chi connectivity index (χ1) is 9.95. The zero-order chi connectivity index (χ0) is 15.4. The van der Waals surface area contributed by atoms with E-state index < -0.39 is 5.97 Å². The highest BCUT2D eigenvalue weighted by Gasteiger charge is 2.29. The summed E-state index contributed by atoms with van der Waals surface area (Å²) in [5, 5.41) is 14.7. The summed E-state index contributed by atoms with van der Waals surface area (Å²) in [5.41, 5.74) is 0. The molecule has 2 saturated carbocycles. The number of rotatable bonds is 5. The molecule has 0 radical (unpaired) electrons. The lowest BCUT2D eigenvalue weighted by atomic mass is 9.86. The van der Waals surface area contributed by atoms with E-state index in [0.717, 1.165) is 25.7 Å². The van der Waals surface area contributed by atoms with Crippen LogP contribution in [0.5, 0.6) is 0 Å². The van der Waals surface area contributed by atoms with E-state index >= 15 is 0 Å². The molecule has 0 heterocycles. The molecule has 7 nitrogen and oxygen atoms in total.